The van der Waals surface area contributed by atoms with Gasteiger partial charge in [-0.15, -0.1) is 0 Å². The molecule has 0 aliphatic heterocycles. The number of aromatic hydroxyl groups is 1. The van der Waals surface area contributed by atoms with Crippen molar-refractivity contribution in [1.82, 2.24) is 10.6 Å². The molecule has 0 fully saturated rings. The van der Waals surface area contributed by atoms with Gasteiger partial charge in [0.25, 0.3) is 5.91 Å². The zero-order valence-electron chi connectivity index (χ0n) is 13.5. The van der Waals surface area contributed by atoms with Crippen LogP contribution in [0.1, 0.15) is 22.3 Å². The summed E-state index contributed by atoms with van der Waals surface area (Å²) in [5.41, 5.74) is 1.58. The van der Waals surface area contributed by atoms with Gasteiger partial charge in [0.1, 0.15) is 11.5 Å². The highest BCUT2D eigenvalue weighted by molar-refractivity contribution is 9.10. The van der Waals surface area contributed by atoms with Crippen LogP contribution in [0.25, 0.3) is 0 Å². The average Bonchev–Trinajstić information content (AvgIpc) is 2.58. The molecular weight excluding hydrogens is 372 g/mol. The fourth-order valence-corrected chi connectivity index (χ4v) is 2.64. The second-order valence-corrected chi connectivity index (χ2v) is 6.16. The van der Waals surface area contributed by atoms with Gasteiger partial charge < -0.3 is 20.5 Å². The van der Waals surface area contributed by atoms with Crippen LogP contribution in [0.4, 0.5) is 0 Å². The van der Waals surface area contributed by atoms with Gasteiger partial charge in [0.15, 0.2) is 0 Å². The molecule has 0 spiro atoms. The number of carbonyl (C=O) groups excluding carboxylic acids is 1. The molecule has 24 heavy (non-hydrogen) atoms. The number of phenols is 1. The monoisotopic (exact) mass is 392 g/mol. The fraction of sp³-hybridized carbons (Fsp3) is 0.278. The minimum atomic E-state index is -0.131. The summed E-state index contributed by atoms with van der Waals surface area (Å²) < 4.78 is 5.88. The average molecular weight is 393 g/mol. The lowest BCUT2D eigenvalue weighted by Gasteiger charge is -2.09. The molecule has 0 aliphatic rings. The summed E-state index contributed by atoms with van der Waals surface area (Å²) in [7, 11) is 1.57. The normalized spacial score (nSPS) is 10.4. The number of nitrogens with one attached hydrogen (secondary N) is 2. The fourth-order valence-electron chi connectivity index (χ4n) is 2.22. The smallest absolute Gasteiger partial charge is 0.252 e. The van der Waals surface area contributed by atoms with Gasteiger partial charge in [-0.1, -0.05) is 12.1 Å². The van der Waals surface area contributed by atoms with Crippen LogP contribution in [0.15, 0.2) is 46.9 Å². The number of halogens is 1. The Kier molecular flexibility index (Phi) is 7.08. The SMILES string of the molecule is COc1ccc(Br)c(C(=O)NCCCNCc2cccc(O)c2)c1. The van der Waals surface area contributed by atoms with Gasteiger partial charge in [-0.25, -0.2) is 0 Å². The van der Waals surface area contributed by atoms with Gasteiger partial charge in [0, 0.05) is 17.6 Å². The molecule has 6 heteroatoms. The predicted molar refractivity (Wildman–Crippen MR) is 97.5 cm³/mol. The maximum atomic E-state index is 12.2. The van der Waals surface area contributed by atoms with Crippen molar-refractivity contribution >= 4 is 21.8 Å². The van der Waals surface area contributed by atoms with E-state index in [1.165, 1.54) is 0 Å². The summed E-state index contributed by atoms with van der Waals surface area (Å²) in [6.07, 6.45) is 0.812. The molecule has 0 atom stereocenters. The van der Waals surface area contributed by atoms with Gasteiger partial charge in [-0.05, 0) is 64.8 Å². The lowest BCUT2D eigenvalue weighted by Crippen LogP contribution is -2.27. The van der Waals surface area contributed by atoms with Crippen LogP contribution in [0.3, 0.4) is 0 Å². The van der Waals surface area contributed by atoms with E-state index in [4.69, 9.17) is 4.74 Å². The Morgan fingerprint density at radius 3 is 2.79 bits per heavy atom. The third-order valence-electron chi connectivity index (χ3n) is 3.47. The van der Waals surface area contributed by atoms with Crippen molar-refractivity contribution in [2.75, 3.05) is 20.2 Å². The van der Waals surface area contributed by atoms with Gasteiger partial charge in [0.05, 0.1) is 12.7 Å². The number of benzene rings is 2. The van der Waals surface area contributed by atoms with Crippen LogP contribution < -0.4 is 15.4 Å². The summed E-state index contributed by atoms with van der Waals surface area (Å²) in [6, 6.07) is 12.5. The van der Waals surface area contributed by atoms with Gasteiger partial charge in [-0.2, -0.15) is 0 Å². The van der Waals surface area contributed by atoms with E-state index >= 15 is 0 Å². The number of hydrogen-bond donors (Lipinski definition) is 3. The molecule has 3 N–H and O–H groups in total. The highest BCUT2D eigenvalue weighted by Gasteiger charge is 2.10. The molecule has 2 rings (SSSR count). The third-order valence-corrected chi connectivity index (χ3v) is 4.17. The standard InChI is InChI=1S/C18H21BrN2O3/c1-24-15-6-7-17(19)16(11-15)18(23)21-9-3-8-20-12-13-4-2-5-14(22)10-13/h2,4-7,10-11,20,22H,3,8-9,12H2,1H3,(H,21,23). The Hall–Kier alpha value is -2.05. The Balaban J connectivity index is 1.69. The second-order valence-electron chi connectivity index (χ2n) is 5.30. The Labute approximate surface area is 150 Å². The quantitative estimate of drug-likeness (QED) is 0.603. The van der Waals surface area contributed by atoms with Crippen molar-refractivity contribution in [3.8, 4) is 11.5 Å². The van der Waals surface area contributed by atoms with Crippen LogP contribution in [-0.4, -0.2) is 31.2 Å². The maximum Gasteiger partial charge on any atom is 0.252 e. The van der Waals surface area contributed by atoms with Crippen molar-refractivity contribution in [2.45, 2.75) is 13.0 Å². The van der Waals surface area contributed by atoms with Gasteiger partial charge in [0.2, 0.25) is 0 Å². The first-order valence-corrected chi connectivity index (χ1v) is 8.50. The van der Waals surface area contributed by atoms with Crippen LogP contribution >= 0.6 is 15.9 Å². The predicted octanol–water partition coefficient (Wildman–Crippen LogP) is 3.07. The molecule has 0 radical (unpaired) electrons. The zero-order valence-corrected chi connectivity index (χ0v) is 15.1. The number of amides is 1. The van der Waals surface area contributed by atoms with Crippen molar-refractivity contribution in [3.63, 3.8) is 0 Å². The molecular formula is C18H21BrN2O3. The minimum Gasteiger partial charge on any atom is -0.508 e. The number of carbonyl (C=O) groups is 1. The van der Waals surface area contributed by atoms with E-state index in [2.05, 4.69) is 26.6 Å². The minimum absolute atomic E-state index is 0.131. The first-order chi connectivity index (χ1) is 11.6. The van der Waals surface area contributed by atoms with Crippen LogP contribution in [-0.2, 0) is 6.54 Å². The number of ether oxygens (including phenoxy) is 1. The summed E-state index contributed by atoms with van der Waals surface area (Å²) in [5, 5.41) is 15.6. The molecule has 0 aliphatic carbocycles. The molecule has 1 amide bonds. The number of methoxy groups -OCH3 is 1. The second kappa shape index (κ2) is 9.30. The van der Waals surface area contributed by atoms with Crippen molar-refractivity contribution < 1.29 is 14.6 Å². The van der Waals surface area contributed by atoms with Gasteiger partial charge >= 0.3 is 0 Å². The molecule has 0 heterocycles. The Morgan fingerprint density at radius 1 is 1.21 bits per heavy atom. The molecule has 0 unspecified atom stereocenters. The highest BCUT2D eigenvalue weighted by Crippen LogP contribution is 2.22. The molecule has 0 aromatic heterocycles. The highest BCUT2D eigenvalue weighted by atomic mass is 79.9. The van der Waals surface area contributed by atoms with E-state index in [-0.39, 0.29) is 11.7 Å². The summed E-state index contributed by atoms with van der Waals surface area (Å²) >= 11 is 3.38. The van der Waals surface area contributed by atoms with E-state index in [1.54, 1.807) is 37.4 Å². The number of hydrogen-bond acceptors (Lipinski definition) is 4. The zero-order chi connectivity index (χ0) is 17.4. The van der Waals surface area contributed by atoms with Crippen molar-refractivity contribution in [3.05, 3.63) is 58.1 Å². The molecule has 0 saturated carbocycles. The molecule has 2 aromatic carbocycles. The van der Waals surface area contributed by atoms with Crippen LogP contribution in [0, 0.1) is 0 Å². The van der Waals surface area contributed by atoms with E-state index in [0.29, 0.717) is 24.4 Å². The topological polar surface area (TPSA) is 70.6 Å². The molecule has 0 bridgehead atoms. The third kappa shape index (κ3) is 5.54. The lowest BCUT2D eigenvalue weighted by atomic mass is 10.2. The maximum absolute atomic E-state index is 12.2. The van der Waals surface area contributed by atoms with E-state index in [1.807, 2.05) is 12.1 Å². The van der Waals surface area contributed by atoms with E-state index < -0.39 is 0 Å². The van der Waals surface area contributed by atoms with Crippen molar-refractivity contribution in [2.24, 2.45) is 0 Å². The molecule has 128 valence electrons. The largest absolute Gasteiger partial charge is 0.508 e. The lowest BCUT2D eigenvalue weighted by molar-refractivity contribution is 0.0952. The van der Waals surface area contributed by atoms with Crippen LogP contribution in [0.5, 0.6) is 11.5 Å². The number of phenolic OH excluding ortho intramolecular Hbond substituents is 1. The summed E-state index contributed by atoms with van der Waals surface area (Å²) in [5.74, 6) is 0.787. The Bertz CT molecular complexity index is 692. The molecule has 0 saturated heterocycles. The summed E-state index contributed by atoms with van der Waals surface area (Å²) in [6.45, 7) is 2.04. The van der Waals surface area contributed by atoms with Gasteiger partial charge in [-0.3, -0.25) is 4.79 Å². The molecule has 2 aromatic rings. The number of rotatable bonds is 8. The van der Waals surface area contributed by atoms with Crippen molar-refractivity contribution in [1.29, 1.82) is 0 Å². The first-order valence-electron chi connectivity index (χ1n) is 7.70. The van der Waals surface area contributed by atoms with E-state index in [0.717, 1.165) is 23.0 Å². The van der Waals surface area contributed by atoms with Crippen LogP contribution in [0.2, 0.25) is 0 Å². The first kappa shape index (κ1) is 18.3. The van der Waals surface area contributed by atoms with E-state index in [9.17, 15) is 9.90 Å². The molecule has 5 nitrogen and oxygen atoms in total. The Morgan fingerprint density at radius 2 is 2.04 bits per heavy atom. The summed E-state index contributed by atoms with van der Waals surface area (Å²) in [4.78, 5) is 12.2.